The molecular formula is C12H21N3O2Si. The van der Waals surface area contributed by atoms with Crippen molar-refractivity contribution in [1.29, 1.82) is 0 Å². The van der Waals surface area contributed by atoms with Crippen molar-refractivity contribution < 1.29 is 4.92 Å². The van der Waals surface area contributed by atoms with Crippen LogP contribution < -0.4 is 10.7 Å². The molecule has 3 N–H and O–H groups in total. The highest BCUT2D eigenvalue weighted by Crippen LogP contribution is 2.38. The molecule has 1 rings (SSSR count). The Morgan fingerprint density at radius 2 is 1.89 bits per heavy atom. The predicted octanol–water partition coefficient (Wildman–Crippen LogP) is 3.59. The third-order valence-corrected chi connectivity index (χ3v) is 8.18. The Morgan fingerprint density at radius 1 is 1.33 bits per heavy atom. The topological polar surface area (TPSA) is 81.2 Å². The normalized spacial score (nSPS) is 12.3. The summed E-state index contributed by atoms with van der Waals surface area (Å²) in [5.74, 6) is 0. The molecule has 0 aliphatic rings. The zero-order valence-corrected chi connectivity index (χ0v) is 12.6. The van der Waals surface area contributed by atoms with E-state index in [1.54, 1.807) is 12.1 Å². The van der Waals surface area contributed by atoms with Gasteiger partial charge >= 0.3 is 0 Å². The highest BCUT2D eigenvalue weighted by Gasteiger charge is 2.37. The van der Waals surface area contributed by atoms with Gasteiger partial charge in [-0.2, -0.15) is 0 Å². The summed E-state index contributed by atoms with van der Waals surface area (Å²) in [7, 11) is -1.86. The average molecular weight is 267 g/mol. The Bertz CT molecular complexity index is 467. The number of nitrogens with two attached hydrogens (primary N) is 1. The quantitative estimate of drug-likeness (QED) is 0.379. The van der Waals surface area contributed by atoms with Gasteiger partial charge in [-0.3, -0.25) is 10.1 Å². The van der Waals surface area contributed by atoms with Crippen molar-refractivity contribution in [3.05, 3.63) is 28.3 Å². The lowest BCUT2D eigenvalue weighted by molar-refractivity contribution is -0.383. The van der Waals surface area contributed by atoms with E-state index in [0.29, 0.717) is 11.4 Å². The highest BCUT2D eigenvalue weighted by molar-refractivity contribution is 6.83. The second-order valence-corrected chi connectivity index (χ2v) is 11.0. The molecule has 0 bridgehead atoms. The number of rotatable bonds is 3. The van der Waals surface area contributed by atoms with Gasteiger partial charge in [0.05, 0.1) is 4.92 Å². The van der Waals surface area contributed by atoms with E-state index in [1.165, 1.54) is 6.07 Å². The van der Waals surface area contributed by atoms with E-state index in [2.05, 4.69) is 38.8 Å². The molecule has 0 unspecified atom stereocenters. The summed E-state index contributed by atoms with van der Waals surface area (Å²) >= 11 is 0. The second kappa shape index (κ2) is 4.60. The second-order valence-electron chi connectivity index (χ2n) is 6.03. The summed E-state index contributed by atoms with van der Waals surface area (Å²) in [6, 6.07) is 4.64. The number of hydrogen-bond donors (Lipinski definition) is 2. The van der Waals surface area contributed by atoms with Gasteiger partial charge in [0.2, 0.25) is 0 Å². The Kier molecular flexibility index (Phi) is 3.71. The Morgan fingerprint density at radius 3 is 2.33 bits per heavy atom. The number of nitrogens with one attached hydrogen (secondary N) is 1. The number of anilines is 2. The van der Waals surface area contributed by atoms with Gasteiger partial charge in [0.1, 0.15) is 5.69 Å². The molecule has 0 saturated heterocycles. The SMILES string of the molecule is CC(C)(C)[Si](C)(C)Nc1cc(N)ccc1[N+](=O)[O-]. The summed E-state index contributed by atoms with van der Waals surface area (Å²) < 4.78 is 0. The number of nitro benzene ring substituents is 1. The first-order valence-corrected chi connectivity index (χ1v) is 8.87. The maximum Gasteiger partial charge on any atom is 0.291 e. The third-order valence-electron chi connectivity index (χ3n) is 3.54. The molecule has 0 saturated carbocycles. The van der Waals surface area contributed by atoms with E-state index in [4.69, 9.17) is 5.73 Å². The molecule has 1 aromatic carbocycles. The van der Waals surface area contributed by atoms with Crippen molar-refractivity contribution in [2.75, 3.05) is 10.7 Å². The van der Waals surface area contributed by atoms with Crippen molar-refractivity contribution in [2.24, 2.45) is 0 Å². The van der Waals surface area contributed by atoms with E-state index in [1.807, 2.05) is 0 Å². The maximum atomic E-state index is 11.0. The van der Waals surface area contributed by atoms with Crippen LogP contribution in [0.1, 0.15) is 20.8 Å². The van der Waals surface area contributed by atoms with Crippen LogP contribution >= 0.6 is 0 Å². The molecule has 0 spiro atoms. The van der Waals surface area contributed by atoms with E-state index >= 15 is 0 Å². The van der Waals surface area contributed by atoms with Crippen LogP contribution in [0.5, 0.6) is 0 Å². The zero-order valence-electron chi connectivity index (χ0n) is 11.6. The lowest BCUT2D eigenvalue weighted by Crippen LogP contribution is -2.45. The van der Waals surface area contributed by atoms with E-state index < -0.39 is 8.24 Å². The predicted molar refractivity (Wildman–Crippen MR) is 78.3 cm³/mol. The van der Waals surface area contributed by atoms with Crippen molar-refractivity contribution >= 4 is 25.3 Å². The molecule has 0 atom stereocenters. The monoisotopic (exact) mass is 267 g/mol. The molecule has 6 heteroatoms. The number of hydrogen-bond acceptors (Lipinski definition) is 4. The summed E-state index contributed by atoms with van der Waals surface area (Å²) in [5.41, 5.74) is 6.84. The first-order chi connectivity index (χ1) is 8.04. The van der Waals surface area contributed by atoms with Crippen molar-refractivity contribution in [2.45, 2.75) is 38.9 Å². The lowest BCUT2D eigenvalue weighted by Gasteiger charge is -2.37. The van der Waals surface area contributed by atoms with Crippen molar-refractivity contribution in [3.8, 4) is 0 Å². The smallest absolute Gasteiger partial charge is 0.291 e. The molecule has 0 radical (unpaired) electrons. The van der Waals surface area contributed by atoms with Crippen LogP contribution in [0.2, 0.25) is 18.1 Å². The number of nitro groups is 1. The minimum Gasteiger partial charge on any atom is -0.405 e. The zero-order chi connectivity index (χ0) is 14.1. The summed E-state index contributed by atoms with van der Waals surface area (Å²) in [5, 5.41) is 11.1. The Balaban J connectivity index is 3.18. The van der Waals surface area contributed by atoms with Gasteiger partial charge in [0, 0.05) is 11.8 Å². The van der Waals surface area contributed by atoms with Crippen LogP contribution in [0, 0.1) is 10.1 Å². The minimum absolute atomic E-state index is 0.0778. The fourth-order valence-corrected chi connectivity index (χ4v) is 2.59. The molecule has 1 aromatic rings. The first kappa shape index (κ1) is 14.5. The van der Waals surface area contributed by atoms with Crippen molar-refractivity contribution in [1.82, 2.24) is 0 Å². The number of nitrogens with zero attached hydrogens (tertiary/aromatic N) is 1. The van der Waals surface area contributed by atoms with Crippen LogP contribution in [0.25, 0.3) is 0 Å². The largest absolute Gasteiger partial charge is 0.405 e. The van der Waals surface area contributed by atoms with Crippen LogP contribution in [0.3, 0.4) is 0 Å². The van der Waals surface area contributed by atoms with Crippen LogP contribution in [0.15, 0.2) is 18.2 Å². The van der Waals surface area contributed by atoms with Gasteiger partial charge in [-0.15, -0.1) is 0 Å². The molecule has 0 aromatic heterocycles. The lowest BCUT2D eigenvalue weighted by atomic mass is 10.2. The van der Waals surface area contributed by atoms with Gasteiger partial charge in [-0.1, -0.05) is 33.9 Å². The summed E-state index contributed by atoms with van der Waals surface area (Å²) in [6.45, 7) is 10.7. The average Bonchev–Trinajstić information content (AvgIpc) is 2.14. The van der Waals surface area contributed by atoms with Gasteiger partial charge in [0.15, 0.2) is 8.24 Å². The number of benzene rings is 1. The summed E-state index contributed by atoms with van der Waals surface area (Å²) in [6.07, 6.45) is 0. The molecule has 0 aliphatic heterocycles. The minimum atomic E-state index is -1.86. The van der Waals surface area contributed by atoms with Crippen LogP contribution in [-0.4, -0.2) is 13.2 Å². The third kappa shape index (κ3) is 3.01. The Hall–Kier alpha value is -1.56. The first-order valence-electron chi connectivity index (χ1n) is 5.87. The fourth-order valence-electron chi connectivity index (χ4n) is 1.34. The van der Waals surface area contributed by atoms with E-state index in [0.717, 1.165) is 0 Å². The van der Waals surface area contributed by atoms with Crippen LogP contribution in [-0.2, 0) is 0 Å². The molecule has 5 nitrogen and oxygen atoms in total. The standard InChI is InChI=1S/C12H21N3O2Si/c1-12(2,3)18(4,5)14-10-8-9(13)6-7-11(10)15(16)17/h6-8,14H,13H2,1-5H3. The molecule has 0 fully saturated rings. The highest BCUT2D eigenvalue weighted by atomic mass is 28.3. The van der Waals surface area contributed by atoms with Gasteiger partial charge in [-0.25, -0.2) is 0 Å². The molecule has 0 heterocycles. The van der Waals surface area contributed by atoms with Crippen molar-refractivity contribution in [3.63, 3.8) is 0 Å². The number of nitrogen functional groups attached to an aromatic ring is 1. The molecule has 0 amide bonds. The van der Waals surface area contributed by atoms with E-state index in [-0.39, 0.29) is 15.6 Å². The molecule has 100 valence electrons. The van der Waals surface area contributed by atoms with Gasteiger partial charge in [0.25, 0.3) is 5.69 Å². The summed E-state index contributed by atoms with van der Waals surface area (Å²) in [4.78, 5) is 14.0. The maximum absolute atomic E-state index is 11.0. The van der Waals surface area contributed by atoms with Crippen LogP contribution in [0.4, 0.5) is 17.1 Å². The van der Waals surface area contributed by atoms with Gasteiger partial charge < -0.3 is 10.7 Å². The Labute approximate surface area is 109 Å². The van der Waals surface area contributed by atoms with Gasteiger partial charge in [-0.05, 0) is 17.2 Å². The molecule has 18 heavy (non-hydrogen) atoms. The molecule has 0 aliphatic carbocycles. The fraction of sp³-hybridized carbons (Fsp3) is 0.500. The van der Waals surface area contributed by atoms with E-state index in [9.17, 15) is 10.1 Å². The molecular weight excluding hydrogens is 246 g/mol.